The average Bonchev–Trinajstić information content (AvgIpc) is 2.79. The summed E-state index contributed by atoms with van der Waals surface area (Å²) in [5, 5.41) is 2.91. The summed E-state index contributed by atoms with van der Waals surface area (Å²) in [4.78, 5) is 32.3. The van der Waals surface area contributed by atoms with Gasteiger partial charge in [0, 0.05) is 18.7 Å². The second kappa shape index (κ2) is 10.5. The summed E-state index contributed by atoms with van der Waals surface area (Å²) >= 11 is 0. The predicted molar refractivity (Wildman–Crippen MR) is 117 cm³/mol. The van der Waals surface area contributed by atoms with E-state index in [4.69, 9.17) is 0 Å². The fourth-order valence-electron chi connectivity index (χ4n) is 3.30. The molecule has 160 valence electrons. The van der Waals surface area contributed by atoms with Gasteiger partial charge < -0.3 is 10.2 Å². The van der Waals surface area contributed by atoms with E-state index in [0.29, 0.717) is 5.56 Å². The van der Waals surface area contributed by atoms with Crippen LogP contribution in [0.3, 0.4) is 0 Å². The van der Waals surface area contributed by atoms with Crippen LogP contribution >= 0.6 is 0 Å². The third kappa shape index (κ3) is 5.98. The second-order valence-electron chi connectivity index (χ2n) is 7.60. The number of rotatable bonds is 8. The molecule has 0 bridgehead atoms. The molecule has 1 heterocycles. The van der Waals surface area contributed by atoms with Gasteiger partial charge in [0.15, 0.2) is 0 Å². The van der Waals surface area contributed by atoms with Gasteiger partial charge >= 0.3 is 0 Å². The van der Waals surface area contributed by atoms with Crippen molar-refractivity contribution in [2.75, 3.05) is 0 Å². The van der Waals surface area contributed by atoms with E-state index in [1.807, 2.05) is 48.5 Å². The molecule has 0 unspecified atom stereocenters. The summed E-state index contributed by atoms with van der Waals surface area (Å²) in [6.45, 7) is 4.04. The summed E-state index contributed by atoms with van der Waals surface area (Å²) in [5.41, 5.74) is 2.17. The first-order valence-corrected chi connectivity index (χ1v) is 10.2. The van der Waals surface area contributed by atoms with Crippen molar-refractivity contribution >= 4 is 11.8 Å². The molecular weight excluding hydrogens is 393 g/mol. The number of hydrogen-bond donors (Lipinski definition) is 1. The van der Waals surface area contributed by atoms with Crippen LogP contribution in [-0.2, 0) is 22.7 Å². The highest BCUT2D eigenvalue weighted by molar-refractivity contribution is 5.89. The summed E-state index contributed by atoms with van der Waals surface area (Å²) in [7, 11) is 0. The highest BCUT2D eigenvalue weighted by Crippen LogP contribution is 2.26. The van der Waals surface area contributed by atoms with E-state index in [2.05, 4.69) is 10.3 Å². The minimum Gasteiger partial charge on any atom is -0.348 e. The van der Waals surface area contributed by atoms with E-state index in [-0.39, 0.29) is 36.6 Å². The molecular formula is C25H26FN3O2. The Morgan fingerprint density at radius 1 is 0.968 bits per heavy atom. The largest absolute Gasteiger partial charge is 0.348 e. The van der Waals surface area contributed by atoms with Gasteiger partial charge in [-0.2, -0.15) is 0 Å². The first-order valence-electron chi connectivity index (χ1n) is 10.2. The van der Waals surface area contributed by atoms with E-state index >= 15 is 0 Å². The molecule has 1 aromatic heterocycles. The Morgan fingerprint density at radius 2 is 1.65 bits per heavy atom. The lowest BCUT2D eigenvalue weighted by Gasteiger charge is -2.33. The van der Waals surface area contributed by atoms with Gasteiger partial charge in [-0.3, -0.25) is 14.6 Å². The monoisotopic (exact) mass is 419 g/mol. The first kappa shape index (κ1) is 22.2. The molecule has 0 aliphatic rings. The summed E-state index contributed by atoms with van der Waals surface area (Å²) in [5.74, 6) is -1.12. The van der Waals surface area contributed by atoms with Crippen LogP contribution in [0, 0.1) is 11.7 Å². The van der Waals surface area contributed by atoms with Crippen molar-refractivity contribution < 1.29 is 14.0 Å². The molecule has 3 rings (SSSR count). The van der Waals surface area contributed by atoms with Crippen LogP contribution in [0.2, 0.25) is 0 Å². The fraction of sp³-hybridized carbons (Fsp3) is 0.240. The number of benzene rings is 2. The van der Waals surface area contributed by atoms with Crippen LogP contribution in [0.5, 0.6) is 0 Å². The maximum atomic E-state index is 13.4. The normalized spacial score (nSPS) is 11.7. The molecule has 2 aromatic carbocycles. The van der Waals surface area contributed by atoms with Crippen molar-refractivity contribution in [3.8, 4) is 0 Å². The number of nitrogens with one attached hydrogen (secondary N) is 1. The smallest absolute Gasteiger partial charge is 0.247 e. The topological polar surface area (TPSA) is 62.3 Å². The van der Waals surface area contributed by atoms with E-state index in [1.54, 1.807) is 37.1 Å². The molecule has 6 heteroatoms. The van der Waals surface area contributed by atoms with E-state index < -0.39 is 6.04 Å². The molecule has 0 saturated carbocycles. The molecule has 1 atom stereocenters. The number of carbonyl (C=O) groups excluding carboxylic acids is 2. The van der Waals surface area contributed by atoms with Crippen LogP contribution in [0.1, 0.15) is 36.7 Å². The van der Waals surface area contributed by atoms with Gasteiger partial charge in [0.25, 0.3) is 0 Å². The van der Waals surface area contributed by atoms with Gasteiger partial charge in [0.05, 0.1) is 12.2 Å². The number of pyridine rings is 1. The molecule has 0 aliphatic carbocycles. The van der Waals surface area contributed by atoms with Crippen LogP contribution in [0.4, 0.5) is 4.39 Å². The maximum Gasteiger partial charge on any atom is 0.247 e. The zero-order valence-corrected chi connectivity index (χ0v) is 17.7. The molecule has 0 fully saturated rings. The molecule has 2 amide bonds. The van der Waals surface area contributed by atoms with Gasteiger partial charge in [-0.25, -0.2) is 4.39 Å². The SMILES string of the molecule is CC(C)C(=O)N(Cc1ccc(F)cc1)[C@H](C(=O)NCc1ccccn1)c1ccccc1. The van der Waals surface area contributed by atoms with Crippen molar-refractivity contribution in [3.05, 3.63) is 102 Å². The summed E-state index contributed by atoms with van der Waals surface area (Å²) in [6.07, 6.45) is 1.67. The van der Waals surface area contributed by atoms with Crippen LogP contribution in [0.15, 0.2) is 79.0 Å². The lowest BCUT2D eigenvalue weighted by Crippen LogP contribution is -2.44. The van der Waals surface area contributed by atoms with Gasteiger partial charge in [-0.05, 0) is 35.4 Å². The third-order valence-electron chi connectivity index (χ3n) is 4.89. The van der Waals surface area contributed by atoms with Gasteiger partial charge in [0.2, 0.25) is 11.8 Å². The molecule has 0 aliphatic heterocycles. The van der Waals surface area contributed by atoms with E-state index in [1.165, 1.54) is 12.1 Å². The lowest BCUT2D eigenvalue weighted by atomic mass is 10.0. The lowest BCUT2D eigenvalue weighted by molar-refractivity contribution is -0.144. The van der Waals surface area contributed by atoms with E-state index in [9.17, 15) is 14.0 Å². The molecule has 0 spiro atoms. The Bertz CT molecular complexity index is 992. The highest BCUT2D eigenvalue weighted by atomic mass is 19.1. The molecule has 0 saturated heterocycles. The van der Waals surface area contributed by atoms with Crippen LogP contribution in [-0.4, -0.2) is 21.7 Å². The Labute approximate surface area is 181 Å². The zero-order valence-electron chi connectivity index (χ0n) is 17.7. The van der Waals surface area contributed by atoms with E-state index in [0.717, 1.165) is 11.3 Å². The second-order valence-corrected chi connectivity index (χ2v) is 7.60. The number of aromatic nitrogens is 1. The van der Waals surface area contributed by atoms with Gasteiger partial charge in [-0.1, -0.05) is 62.4 Å². The van der Waals surface area contributed by atoms with Crippen molar-refractivity contribution in [1.29, 1.82) is 0 Å². The van der Waals surface area contributed by atoms with Crippen molar-refractivity contribution in [2.45, 2.75) is 33.0 Å². The van der Waals surface area contributed by atoms with Crippen molar-refractivity contribution in [3.63, 3.8) is 0 Å². The molecule has 3 aromatic rings. The zero-order chi connectivity index (χ0) is 22.2. The average molecular weight is 420 g/mol. The van der Waals surface area contributed by atoms with Crippen LogP contribution < -0.4 is 5.32 Å². The quantitative estimate of drug-likeness (QED) is 0.593. The van der Waals surface area contributed by atoms with Gasteiger partial charge in [0.1, 0.15) is 11.9 Å². The summed E-state index contributed by atoms with van der Waals surface area (Å²) in [6, 6.07) is 19.8. The number of carbonyl (C=O) groups is 2. The van der Waals surface area contributed by atoms with Crippen molar-refractivity contribution in [1.82, 2.24) is 15.2 Å². The van der Waals surface area contributed by atoms with Crippen LogP contribution in [0.25, 0.3) is 0 Å². The minimum atomic E-state index is -0.829. The first-order chi connectivity index (χ1) is 15.0. The van der Waals surface area contributed by atoms with Crippen molar-refractivity contribution in [2.24, 2.45) is 5.92 Å². The standard InChI is InChI=1S/C25H26FN3O2/c1-18(2)25(31)29(17-19-11-13-21(26)14-12-19)23(20-8-4-3-5-9-20)24(30)28-16-22-10-6-7-15-27-22/h3-15,18,23H,16-17H2,1-2H3,(H,28,30)/t23-/m0/s1. The number of halogens is 1. The minimum absolute atomic E-state index is 0.161. The Hall–Kier alpha value is -3.54. The Balaban J connectivity index is 1.93. The third-order valence-corrected chi connectivity index (χ3v) is 4.89. The number of amides is 2. The maximum absolute atomic E-state index is 13.4. The van der Waals surface area contributed by atoms with Gasteiger partial charge in [-0.15, -0.1) is 0 Å². The predicted octanol–water partition coefficient (Wildman–Crippen LogP) is 4.26. The Morgan fingerprint density at radius 3 is 2.26 bits per heavy atom. The fourth-order valence-corrected chi connectivity index (χ4v) is 3.30. The Kier molecular flexibility index (Phi) is 7.49. The number of hydrogen-bond acceptors (Lipinski definition) is 3. The molecule has 5 nitrogen and oxygen atoms in total. The highest BCUT2D eigenvalue weighted by Gasteiger charge is 2.32. The molecule has 1 N–H and O–H groups in total. The number of nitrogens with zero attached hydrogens (tertiary/aromatic N) is 2. The summed E-state index contributed by atoms with van der Waals surface area (Å²) < 4.78 is 13.4. The molecule has 0 radical (unpaired) electrons. The molecule has 31 heavy (non-hydrogen) atoms.